The van der Waals surface area contributed by atoms with Crippen LogP contribution in [0.4, 0.5) is 13.2 Å². The van der Waals surface area contributed by atoms with E-state index in [9.17, 15) is 13.2 Å². The van der Waals surface area contributed by atoms with E-state index >= 15 is 0 Å². The third-order valence-electron chi connectivity index (χ3n) is 4.10. The highest BCUT2D eigenvalue weighted by atomic mass is 19.4. The first-order valence-corrected chi connectivity index (χ1v) is 6.96. The average molecular weight is 264 g/mol. The van der Waals surface area contributed by atoms with Gasteiger partial charge in [-0.15, -0.1) is 0 Å². The SMILES string of the molecule is CCCC1(CN(CC(F)(F)F)C2CC2)CCNC1. The van der Waals surface area contributed by atoms with E-state index in [1.165, 1.54) is 0 Å². The smallest absolute Gasteiger partial charge is 0.316 e. The zero-order valence-electron chi connectivity index (χ0n) is 11.0. The largest absolute Gasteiger partial charge is 0.401 e. The standard InChI is InChI=1S/C13H23F3N2/c1-2-5-12(6-7-17-8-12)9-18(11-3-4-11)10-13(14,15)16/h11,17H,2-10H2,1H3. The number of halogens is 3. The van der Waals surface area contributed by atoms with Crippen LogP contribution in [-0.4, -0.2) is 43.3 Å². The number of hydrogen-bond acceptors (Lipinski definition) is 2. The van der Waals surface area contributed by atoms with Crippen molar-refractivity contribution in [3.63, 3.8) is 0 Å². The molecule has 2 rings (SSSR count). The van der Waals surface area contributed by atoms with Crippen molar-refractivity contribution in [2.45, 2.75) is 51.2 Å². The summed E-state index contributed by atoms with van der Waals surface area (Å²) >= 11 is 0. The highest BCUT2D eigenvalue weighted by Crippen LogP contribution is 2.37. The van der Waals surface area contributed by atoms with Gasteiger partial charge in [0.15, 0.2) is 0 Å². The van der Waals surface area contributed by atoms with E-state index in [0.717, 1.165) is 45.2 Å². The summed E-state index contributed by atoms with van der Waals surface area (Å²) in [6.45, 7) is 3.82. The van der Waals surface area contributed by atoms with Gasteiger partial charge in [-0.25, -0.2) is 0 Å². The molecule has 1 atom stereocenters. The fraction of sp³-hybridized carbons (Fsp3) is 1.00. The molecule has 1 heterocycles. The van der Waals surface area contributed by atoms with Crippen molar-refractivity contribution in [3.05, 3.63) is 0 Å². The summed E-state index contributed by atoms with van der Waals surface area (Å²) in [5.74, 6) is 0. The summed E-state index contributed by atoms with van der Waals surface area (Å²) in [7, 11) is 0. The van der Waals surface area contributed by atoms with Crippen molar-refractivity contribution >= 4 is 0 Å². The number of hydrogen-bond donors (Lipinski definition) is 1. The van der Waals surface area contributed by atoms with Gasteiger partial charge >= 0.3 is 6.18 Å². The van der Waals surface area contributed by atoms with Crippen LogP contribution in [0.2, 0.25) is 0 Å². The first-order chi connectivity index (χ1) is 8.44. The maximum absolute atomic E-state index is 12.6. The molecule has 2 fully saturated rings. The Morgan fingerprint density at radius 1 is 1.33 bits per heavy atom. The minimum atomic E-state index is -4.07. The lowest BCUT2D eigenvalue weighted by Gasteiger charge is -2.35. The molecule has 0 amide bonds. The van der Waals surface area contributed by atoms with Gasteiger partial charge in [-0.3, -0.25) is 4.90 Å². The van der Waals surface area contributed by atoms with Gasteiger partial charge in [-0.1, -0.05) is 13.3 Å². The van der Waals surface area contributed by atoms with E-state index in [0.29, 0.717) is 6.54 Å². The van der Waals surface area contributed by atoms with Crippen LogP contribution in [-0.2, 0) is 0 Å². The Morgan fingerprint density at radius 2 is 2.06 bits per heavy atom. The summed E-state index contributed by atoms with van der Waals surface area (Å²) in [6.07, 6.45) is 0.897. The van der Waals surface area contributed by atoms with Crippen LogP contribution < -0.4 is 5.32 Å². The van der Waals surface area contributed by atoms with Crippen molar-refractivity contribution in [2.24, 2.45) is 5.41 Å². The number of rotatable bonds is 6. The molecule has 5 heteroatoms. The Morgan fingerprint density at radius 3 is 2.50 bits per heavy atom. The second-order valence-corrected chi connectivity index (χ2v) is 5.93. The molecule has 0 aromatic heterocycles. The number of nitrogens with zero attached hydrogens (tertiary/aromatic N) is 1. The molecule has 0 spiro atoms. The van der Waals surface area contributed by atoms with Crippen LogP contribution in [0.5, 0.6) is 0 Å². The minimum absolute atomic E-state index is 0.0720. The minimum Gasteiger partial charge on any atom is -0.316 e. The summed E-state index contributed by atoms with van der Waals surface area (Å²) in [6, 6.07) is 0.181. The Labute approximate surface area is 107 Å². The van der Waals surface area contributed by atoms with Crippen molar-refractivity contribution < 1.29 is 13.2 Å². The molecule has 2 nitrogen and oxygen atoms in total. The quantitative estimate of drug-likeness (QED) is 0.793. The topological polar surface area (TPSA) is 15.3 Å². The third-order valence-corrected chi connectivity index (χ3v) is 4.10. The van der Waals surface area contributed by atoms with Crippen molar-refractivity contribution in [1.82, 2.24) is 10.2 Å². The van der Waals surface area contributed by atoms with E-state index in [1.807, 2.05) is 0 Å². The molecule has 1 aliphatic carbocycles. The Bertz CT molecular complexity index is 268. The van der Waals surface area contributed by atoms with Gasteiger partial charge in [0.25, 0.3) is 0 Å². The Kier molecular flexibility index (Phi) is 4.22. The molecule has 106 valence electrons. The van der Waals surface area contributed by atoms with Gasteiger partial charge in [0.05, 0.1) is 6.54 Å². The normalized spacial score (nSPS) is 29.2. The van der Waals surface area contributed by atoms with Gasteiger partial charge < -0.3 is 5.32 Å². The molecule has 0 bridgehead atoms. The molecule has 1 N–H and O–H groups in total. The average Bonchev–Trinajstić information content (AvgIpc) is 3.00. The zero-order valence-corrected chi connectivity index (χ0v) is 11.0. The van der Waals surface area contributed by atoms with Gasteiger partial charge in [0.2, 0.25) is 0 Å². The summed E-state index contributed by atoms with van der Waals surface area (Å²) in [5.41, 5.74) is 0.0720. The van der Waals surface area contributed by atoms with Crippen molar-refractivity contribution in [3.8, 4) is 0 Å². The van der Waals surface area contributed by atoms with Crippen LogP contribution in [0.3, 0.4) is 0 Å². The molecular weight excluding hydrogens is 241 g/mol. The molecule has 18 heavy (non-hydrogen) atoms. The highest BCUT2D eigenvalue weighted by molar-refractivity contribution is 4.95. The third kappa shape index (κ3) is 3.85. The van der Waals surface area contributed by atoms with Gasteiger partial charge in [0, 0.05) is 19.1 Å². The molecule has 1 aliphatic heterocycles. The molecule has 0 aromatic rings. The summed E-state index contributed by atoms with van der Waals surface area (Å²) < 4.78 is 37.9. The van der Waals surface area contributed by atoms with Crippen LogP contribution in [0, 0.1) is 5.41 Å². The van der Waals surface area contributed by atoms with Crippen molar-refractivity contribution in [1.29, 1.82) is 0 Å². The van der Waals surface area contributed by atoms with Crippen LogP contribution >= 0.6 is 0 Å². The lowest BCUT2D eigenvalue weighted by molar-refractivity contribution is -0.150. The maximum Gasteiger partial charge on any atom is 0.401 e. The van der Waals surface area contributed by atoms with Crippen LogP contribution in [0.15, 0.2) is 0 Å². The fourth-order valence-corrected chi connectivity index (χ4v) is 3.17. The van der Waals surface area contributed by atoms with E-state index in [1.54, 1.807) is 4.90 Å². The zero-order chi connectivity index (χ0) is 13.2. The molecule has 1 unspecified atom stereocenters. The van der Waals surface area contributed by atoms with E-state index < -0.39 is 12.7 Å². The van der Waals surface area contributed by atoms with E-state index in [4.69, 9.17) is 0 Å². The second kappa shape index (κ2) is 5.37. The number of nitrogens with one attached hydrogen (secondary N) is 1. The van der Waals surface area contributed by atoms with Crippen molar-refractivity contribution in [2.75, 3.05) is 26.2 Å². The molecule has 0 aromatic carbocycles. The van der Waals surface area contributed by atoms with Gasteiger partial charge in [0.1, 0.15) is 0 Å². The monoisotopic (exact) mass is 264 g/mol. The summed E-state index contributed by atoms with van der Waals surface area (Å²) in [5, 5.41) is 3.32. The molecule has 1 saturated carbocycles. The first-order valence-electron chi connectivity index (χ1n) is 6.96. The lowest BCUT2D eigenvalue weighted by Crippen LogP contribution is -2.44. The second-order valence-electron chi connectivity index (χ2n) is 5.93. The molecular formula is C13H23F3N2. The molecule has 0 radical (unpaired) electrons. The maximum atomic E-state index is 12.6. The number of alkyl halides is 3. The van der Waals surface area contributed by atoms with Crippen LogP contribution in [0.25, 0.3) is 0 Å². The van der Waals surface area contributed by atoms with Gasteiger partial charge in [-0.2, -0.15) is 13.2 Å². The fourth-order valence-electron chi connectivity index (χ4n) is 3.17. The molecule has 2 aliphatic rings. The predicted molar refractivity (Wildman–Crippen MR) is 65.5 cm³/mol. The first kappa shape index (κ1) is 14.1. The van der Waals surface area contributed by atoms with E-state index in [2.05, 4.69) is 12.2 Å². The van der Waals surface area contributed by atoms with Crippen LogP contribution in [0.1, 0.15) is 39.0 Å². The lowest BCUT2D eigenvalue weighted by atomic mass is 9.82. The summed E-state index contributed by atoms with van der Waals surface area (Å²) in [4.78, 5) is 1.68. The van der Waals surface area contributed by atoms with Gasteiger partial charge in [-0.05, 0) is 37.6 Å². The van der Waals surface area contributed by atoms with E-state index in [-0.39, 0.29) is 11.5 Å². The highest BCUT2D eigenvalue weighted by Gasteiger charge is 2.43. The molecule has 1 saturated heterocycles. The Balaban J connectivity index is 1.98. The Hall–Kier alpha value is -0.290. The predicted octanol–water partition coefficient (Wildman–Crippen LogP) is 2.79.